The number of aromatic nitrogens is 1. The molecule has 1 aromatic heterocycles. The van der Waals surface area contributed by atoms with Crippen LogP contribution in [0, 0.1) is 5.92 Å². The number of anilines is 1. The topological polar surface area (TPSA) is 63.2 Å². The zero-order valence-electron chi connectivity index (χ0n) is 11.1. The van der Waals surface area contributed by atoms with Crippen LogP contribution in [0.4, 0.5) is 5.69 Å². The summed E-state index contributed by atoms with van der Waals surface area (Å²) >= 11 is 0. The Bertz CT molecular complexity index is 478. The molecular formula is C14H19N3O2. The molecule has 0 radical (unpaired) electrons. The molecule has 2 aliphatic heterocycles. The van der Waals surface area contributed by atoms with Crippen molar-refractivity contribution in [1.82, 2.24) is 10.3 Å². The molecule has 102 valence electrons. The third kappa shape index (κ3) is 2.42. The van der Waals surface area contributed by atoms with Crippen molar-refractivity contribution in [3.63, 3.8) is 0 Å². The number of pyridine rings is 1. The highest BCUT2D eigenvalue weighted by Crippen LogP contribution is 2.34. The average molecular weight is 261 g/mol. The Kier molecular flexibility index (Phi) is 3.38. The van der Waals surface area contributed by atoms with Gasteiger partial charge in [0.25, 0.3) is 0 Å². The highest BCUT2D eigenvalue weighted by molar-refractivity contribution is 5.94. The molecule has 19 heavy (non-hydrogen) atoms. The number of carbonyl (C=O) groups excluding carboxylic acids is 1. The van der Waals surface area contributed by atoms with Gasteiger partial charge in [-0.2, -0.15) is 0 Å². The fourth-order valence-corrected chi connectivity index (χ4v) is 3.08. The van der Waals surface area contributed by atoms with Gasteiger partial charge in [0.2, 0.25) is 11.8 Å². The van der Waals surface area contributed by atoms with E-state index < -0.39 is 0 Å². The van der Waals surface area contributed by atoms with Crippen molar-refractivity contribution in [3.05, 3.63) is 18.3 Å². The second kappa shape index (κ2) is 5.17. The first-order valence-electron chi connectivity index (χ1n) is 6.92. The lowest BCUT2D eigenvalue weighted by atomic mass is 9.88. The Morgan fingerprint density at radius 1 is 1.58 bits per heavy atom. The smallest absolute Gasteiger partial charge is 0.237 e. The van der Waals surface area contributed by atoms with Crippen LogP contribution in [0.2, 0.25) is 0 Å². The molecule has 2 saturated heterocycles. The van der Waals surface area contributed by atoms with E-state index in [0.29, 0.717) is 30.3 Å². The number of amides is 1. The van der Waals surface area contributed by atoms with E-state index in [1.807, 2.05) is 13.0 Å². The van der Waals surface area contributed by atoms with Gasteiger partial charge in [0.1, 0.15) is 5.69 Å². The highest BCUT2D eigenvalue weighted by atomic mass is 16.5. The highest BCUT2D eigenvalue weighted by Gasteiger charge is 2.42. The van der Waals surface area contributed by atoms with E-state index in [0.717, 1.165) is 12.8 Å². The van der Waals surface area contributed by atoms with Crippen molar-refractivity contribution < 1.29 is 9.53 Å². The Morgan fingerprint density at radius 2 is 2.47 bits per heavy atom. The van der Waals surface area contributed by atoms with Gasteiger partial charge in [-0.15, -0.1) is 0 Å². The lowest BCUT2D eigenvalue weighted by Gasteiger charge is -2.20. The number of hydrogen-bond acceptors (Lipinski definition) is 4. The van der Waals surface area contributed by atoms with Gasteiger partial charge in [-0.3, -0.25) is 4.79 Å². The first-order chi connectivity index (χ1) is 9.28. The van der Waals surface area contributed by atoms with Crippen LogP contribution in [0.15, 0.2) is 18.3 Å². The summed E-state index contributed by atoms with van der Waals surface area (Å²) in [6, 6.07) is 4.51. The molecule has 2 bridgehead atoms. The molecule has 5 heteroatoms. The van der Waals surface area contributed by atoms with Crippen molar-refractivity contribution >= 4 is 11.6 Å². The van der Waals surface area contributed by atoms with Gasteiger partial charge in [-0.05, 0) is 38.3 Å². The van der Waals surface area contributed by atoms with Crippen LogP contribution in [0.25, 0.3) is 0 Å². The second-order valence-corrected chi connectivity index (χ2v) is 5.17. The van der Waals surface area contributed by atoms with Gasteiger partial charge >= 0.3 is 0 Å². The molecule has 2 fully saturated rings. The number of hydrogen-bond donors (Lipinski definition) is 2. The molecule has 2 aliphatic rings. The molecule has 3 rings (SSSR count). The minimum Gasteiger partial charge on any atom is -0.476 e. The van der Waals surface area contributed by atoms with Crippen LogP contribution in [0.5, 0.6) is 5.88 Å². The molecule has 0 aliphatic carbocycles. The predicted molar refractivity (Wildman–Crippen MR) is 72.1 cm³/mol. The quantitative estimate of drug-likeness (QED) is 0.863. The average Bonchev–Trinajstić information content (AvgIpc) is 3.03. The molecule has 0 spiro atoms. The predicted octanol–water partition coefficient (Wildman–Crippen LogP) is 1.56. The number of fused-ring (bicyclic) bond motifs is 2. The molecule has 0 saturated carbocycles. The minimum atomic E-state index is 0.0773. The molecule has 3 heterocycles. The fourth-order valence-electron chi connectivity index (χ4n) is 3.08. The van der Waals surface area contributed by atoms with E-state index in [4.69, 9.17) is 4.74 Å². The number of nitrogens with zero attached hydrogens (tertiary/aromatic N) is 1. The van der Waals surface area contributed by atoms with Gasteiger partial charge < -0.3 is 15.4 Å². The van der Waals surface area contributed by atoms with Gasteiger partial charge in [0, 0.05) is 18.3 Å². The number of rotatable bonds is 4. The minimum absolute atomic E-state index is 0.0773. The van der Waals surface area contributed by atoms with E-state index in [-0.39, 0.29) is 11.8 Å². The zero-order chi connectivity index (χ0) is 13.2. The summed E-state index contributed by atoms with van der Waals surface area (Å²) in [7, 11) is 0. The Hall–Kier alpha value is -1.62. The number of ether oxygens (including phenoxy) is 1. The molecule has 1 aromatic rings. The lowest BCUT2D eigenvalue weighted by molar-refractivity contribution is -0.120. The van der Waals surface area contributed by atoms with Crippen molar-refractivity contribution in [1.29, 1.82) is 0 Å². The second-order valence-electron chi connectivity index (χ2n) is 5.17. The summed E-state index contributed by atoms with van der Waals surface area (Å²) < 4.78 is 5.42. The maximum Gasteiger partial charge on any atom is 0.237 e. The van der Waals surface area contributed by atoms with Crippen molar-refractivity contribution in [2.45, 2.75) is 38.3 Å². The number of nitrogens with one attached hydrogen (secondary N) is 2. The molecule has 3 atom stereocenters. The van der Waals surface area contributed by atoms with E-state index in [9.17, 15) is 4.79 Å². The molecular weight excluding hydrogens is 242 g/mol. The molecule has 3 unspecified atom stereocenters. The lowest BCUT2D eigenvalue weighted by Crippen LogP contribution is -2.33. The maximum atomic E-state index is 12.3. The van der Waals surface area contributed by atoms with Crippen LogP contribution in [-0.4, -0.2) is 29.6 Å². The Morgan fingerprint density at radius 3 is 3.16 bits per heavy atom. The normalized spacial score (nSPS) is 28.4. The third-order valence-electron chi connectivity index (χ3n) is 3.95. The molecule has 5 nitrogen and oxygen atoms in total. The van der Waals surface area contributed by atoms with Crippen molar-refractivity contribution in [2.24, 2.45) is 5.92 Å². The van der Waals surface area contributed by atoms with Gasteiger partial charge in [-0.1, -0.05) is 0 Å². The maximum absolute atomic E-state index is 12.3. The largest absolute Gasteiger partial charge is 0.476 e. The van der Waals surface area contributed by atoms with Gasteiger partial charge in [-0.25, -0.2) is 4.98 Å². The summed E-state index contributed by atoms with van der Waals surface area (Å²) in [6.07, 6.45) is 4.92. The van der Waals surface area contributed by atoms with Crippen LogP contribution >= 0.6 is 0 Å². The molecule has 0 aromatic carbocycles. The van der Waals surface area contributed by atoms with Gasteiger partial charge in [0.15, 0.2) is 0 Å². The Labute approximate surface area is 112 Å². The Balaban J connectivity index is 1.69. The van der Waals surface area contributed by atoms with Crippen LogP contribution in [0.1, 0.15) is 26.2 Å². The van der Waals surface area contributed by atoms with E-state index in [1.165, 1.54) is 6.42 Å². The summed E-state index contributed by atoms with van der Waals surface area (Å²) in [5.41, 5.74) is 0.664. The summed E-state index contributed by atoms with van der Waals surface area (Å²) in [5.74, 6) is 0.650. The third-order valence-corrected chi connectivity index (χ3v) is 3.95. The van der Waals surface area contributed by atoms with E-state index in [1.54, 1.807) is 12.3 Å². The van der Waals surface area contributed by atoms with Crippen LogP contribution in [-0.2, 0) is 4.79 Å². The fraction of sp³-hybridized carbons (Fsp3) is 0.571. The van der Waals surface area contributed by atoms with Crippen LogP contribution in [0.3, 0.4) is 0 Å². The van der Waals surface area contributed by atoms with Gasteiger partial charge in [0.05, 0.1) is 12.5 Å². The van der Waals surface area contributed by atoms with E-state index >= 15 is 0 Å². The monoisotopic (exact) mass is 261 g/mol. The SMILES string of the molecule is CCOc1ncccc1NC(=O)C1CC2CCC1N2. The first kappa shape index (κ1) is 12.4. The zero-order valence-corrected chi connectivity index (χ0v) is 11.1. The summed E-state index contributed by atoms with van der Waals surface area (Å²) in [5, 5.41) is 6.43. The summed E-state index contributed by atoms with van der Waals surface area (Å²) in [6.45, 7) is 2.44. The summed E-state index contributed by atoms with van der Waals surface area (Å²) in [4.78, 5) is 16.5. The molecule has 1 amide bonds. The van der Waals surface area contributed by atoms with E-state index in [2.05, 4.69) is 15.6 Å². The van der Waals surface area contributed by atoms with Crippen LogP contribution < -0.4 is 15.4 Å². The standard InChI is InChI=1S/C14H19N3O2/c1-2-19-14-12(4-3-7-15-14)17-13(18)10-8-9-5-6-11(10)16-9/h3-4,7,9-11,16H,2,5-6,8H2,1H3,(H,17,18). The first-order valence-corrected chi connectivity index (χ1v) is 6.92. The van der Waals surface area contributed by atoms with Crippen molar-refractivity contribution in [2.75, 3.05) is 11.9 Å². The molecule has 2 N–H and O–H groups in total. The van der Waals surface area contributed by atoms with Crippen molar-refractivity contribution in [3.8, 4) is 5.88 Å². The number of carbonyl (C=O) groups is 1.